The summed E-state index contributed by atoms with van der Waals surface area (Å²) in [5.74, 6) is -1.45. The van der Waals surface area contributed by atoms with Crippen molar-refractivity contribution in [3.05, 3.63) is 42.0 Å². The van der Waals surface area contributed by atoms with E-state index in [2.05, 4.69) is 38.8 Å². The molecule has 1 unspecified atom stereocenters. The Morgan fingerprint density at radius 1 is 1.22 bits per heavy atom. The van der Waals surface area contributed by atoms with Gasteiger partial charge in [-0.15, -0.1) is 0 Å². The lowest BCUT2D eigenvalue weighted by molar-refractivity contribution is 0.0830. The Morgan fingerprint density at radius 2 is 1.78 bits per heavy atom. The predicted octanol–water partition coefficient (Wildman–Crippen LogP) is 3.82. The molecule has 1 heterocycles. The number of rotatable bonds is 4. The molecule has 0 amide bonds. The number of hydrogen-bond donors (Lipinski definition) is 1. The Kier molecular flexibility index (Phi) is 4.91. The van der Waals surface area contributed by atoms with Crippen molar-refractivity contribution in [1.82, 2.24) is 9.55 Å². The second kappa shape index (κ2) is 6.41. The van der Waals surface area contributed by atoms with E-state index in [0.29, 0.717) is 5.69 Å². The monoisotopic (exact) mass is 339 g/mol. The van der Waals surface area contributed by atoms with E-state index in [4.69, 9.17) is 10.2 Å². The second-order valence-electron chi connectivity index (χ2n) is 6.97. The summed E-state index contributed by atoms with van der Waals surface area (Å²) in [6.45, 7) is 10.3. The molecule has 7 heteroatoms. The molecule has 23 heavy (non-hydrogen) atoms. The number of halogens is 2. The molecule has 0 aliphatic rings. The highest BCUT2D eigenvalue weighted by molar-refractivity contribution is 6.48. The van der Waals surface area contributed by atoms with E-state index >= 15 is 0 Å². The summed E-state index contributed by atoms with van der Waals surface area (Å²) < 4.78 is 35.5. The highest BCUT2D eigenvalue weighted by Crippen LogP contribution is 2.36. The van der Waals surface area contributed by atoms with E-state index in [9.17, 15) is 8.78 Å². The lowest BCUT2D eigenvalue weighted by Crippen LogP contribution is -2.26. The summed E-state index contributed by atoms with van der Waals surface area (Å²) in [6, 6.07) is 2.19. The van der Waals surface area contributed by atoms with Gasteiger partial charge in [-0.25, -0.2) is 13.8 Å². The van der Waals surface area contributed by atoms with Gasteiger partial charge in [0, 0.05) is 11.9 Å². The van der Waals surface area contributed by atoms with Crippen molar-refractivity contribution < 1.29 is 13.2 Å². The van der Waals surface area contributed by atoms with Crippen LogP contribution in [-0.2, 0) is 4.43 Å². The average molecular weight is 339 g/mol. The summed E-state index contributed by atoms with van der Waals surface area (Å²) in [5.41, 5.74) is 5.80. The van der Waals surface area contributed by atoms with Gasteiger partial charge in [0.05, 0.1) is 18.1 Å². The first kappa shape index (κ1) is 17.6. The van der Waals surface area contributed by atoms with Gasteiger partial charge >= 0.3 is 0 Å². The first-order valence-electron chi connectivity index (χ1n) is 7.54. The highest BCUT2D eigenvalue weighted by atomic mass is 28.3. The third kappa shape index (κ3) is 3.97. The Labute approximate surface area is 137 Å². The SMILES string of the molecule is C[SiH](C)OC(c1cn(-c2c(F)cc(N)cc2F)cn1)C(C)(C)C. The van der Waals surface area contributed by atoms with Crippen molar-refractivity contribution in [3.8, 4) is 5.69 Å². The number of aromatic nitrogens is 2. The average Bonchev–Trinajstić information content (AvgIpc) is 2.82. The van der Waals surface area contributed by atoms with Crippen molar-refractivity contribution in [1.29, 1.82) is 0 Å². The van der Waals surface area contributed by atoms with Crippen LogP contribution in [0, 0.1) is 17.0 Å². The fourth-order valence-corrected chi connectivity index (χ4v) is 3.51. The Hall–Kier alpha value is -1.73. The van der Waals surface area contributed by atoms with Crippen LogP contribution in [-0.4, -0.2) is 18.6 Å². The van der Waals surface area contributed by atoms with Crippen molar-refractivity contribution in [3.63, 3.8) is 0 Å². The quantitative estimate of drug-likeness (QED) is 0.680. The van der Waals surface area contributed by atoms with E-state index < -0.39 is 20.7 Å². The van der Waals surface area contributed by atoms with Gasteiger partial charge < -0.3 is 14.7 Å². The highest BCUT2D eigenvalue weighted by Gasteiger charge is 2.30. The molecule has 0 fully saturated rings. The molecule has 2 N–H and O–H groups in total. The van der Waals surface area contributed by atoms with Gasteiger partial charge in [-0.1, -0.05) is 20.8 Å². The number of anilines is 1. The lowest BCUT2D eigenvalue weighted by atomic mass is 9.87. The van der Waals surface area contributed by atoms with Gasteiger partial charge in [-0.05, 0) is 30.6 Å². The van der Waals surface area contributed by atoms with Gasteiger partial charge in [0.1, 0.15) is 5.69 Å². The molecular formula is C16H23F2N3OSi. The standard InChI is InChI=1S/C16H23F2N3OSi/c1-16(2,3)15(22-23(4)5)13-8-21(9-20-13)14-11(17)6-10(19)7-12(14)18/h6-9,15,23H,19H2,1-5H3. The number of imidazole rings is 1. The summed E-state index contributed by atoms with van der Waals surface area (Å²) >= 11 is 0. The van der Waals surface area contributed by atoms with Crippen LogP contribution in [0.2, 0.25) is 13.1 Å². The van der Waals surface area contributed by atoms with Crippen molar-refractivity contribution in [2.24, 2.45) is 5.41 Å². The third-order valence-electron chi connectivity index (χ3n) is 3.36. The normalized spacial score (nSPS) is 13.6. The lowest BCUT2D eigenvalue weighted by Gasteiger charge is -2.31. The molecule has 1 aromatic heterocycles. The van der Waals surface area contributed by atoms with Crippen LogP contribution < -0.4 is 5.73 Å². The van der Waals surface area contributed by atoms with Crippen LogP contribution in [0.25, 0.3) is 5.69 Å². The molecule has 1 aromatic carbocycles. The molecule has 0 aliphatic carbocycles. The largest absolute Gasteiger partial charge is 0.412 e. The van der Waals surface area contributed by atoms with E-state index in [1.54, 1.807) is 6.20 Å². The minimum Gasteiger partial charge on any atom is -0.412 e. The minimum atomic E-state index is -1.30. The zero-order valence-corrected chi connectivity index (χ0v) is 15.3. The molecule has 4 nitrogen and oxygen atoms in total. The van der Waals surface area contributed by atoms with Crippen LogP contribution in [0.15, 0.2) is 24.7 Å². The van der Waals surface area contributed by atoms with Gasteiger partial charge in [-0.3, -0.25) is 0 Å². The Bertz CT molecular complexity index is 672. The zero-order chi connectivity index (χ0) is 17.4. The molecule has 0 spiro atoms. The van der Waals surface area contributed by atoms with Gasteiger partial charge in [-0.2, -0.15) is 0 Å². The molecule has 0 saturated heterocycles. The fraction of sp³-hybridized carbons (Fsp3) is 0.438. The summed E-state index contributed by atoms with van der Waals surface area (Å²) in [6.07, 6.45) is 2.79. The molecule has 0 saturated carbocycles. The summed E-state index contributed by atoms with van der Waals surface area (Å²) in [5, 5.41) is 0. The van der Waals surface area contributed by atoms with E-state index in [0.717, 1.165) is 12.1 Å². The topological polar surface area (TPSA) is 53.1 Å². The van der Waals surface area contributed by atoms with Crippen LogP contribution in [0.3, 0.4) is 0 Å². The molecular weight excluding hydrogens is 316 g/mol. The molecule has 1 atom stereocenters. The first-order valence-corrected chi connectivity index (χ1v) is 10.3. The maximum Gasteiger partial charge on any atom is 0.171 e. The molecule has 0 aliphatic heterocycles. The van der Waals surface area contributed by atoms with E-state index in [-0.39, 0.29) is 22.9 Å². The Balaban J connectivity index is 2.44. The van der Waals surface area contributed by atoms with Gasteiger partial charge in [0.15, 0.2) is 20.7 Å². The van der Waals surface area contributed by atoms with Crippen molar-refractivity contribution in [2.45, 2.75) is 40.0 Å². The van der Waals surface area contributed by atoms with E-state index in [1.165, 1.54) is 10.9 Å². The van der Waals surface area contributed by atoms with E-state index in [1.807, 2.05) is 0 Å². The first-order chi connectivity index (χ1) is 10.6. The smallest absolute Gasteiger partial charge is 0.171 e. The number of nitrogen functional groups attached to an aromatic ring is 1. The molecule has 0 bridgehead atoms. The fourth-order valence-electron chi connectivity index (χ4n) is 2.42. The van der Waals surface area contributed by atoms with Crippen LogP contribution in [0.5, 0.6) is 0 Å². The minimum absolute atomic E-state index is 0.0470. The molecule has 2 rings (SSSR count). The number of benzene rings is 1. The van der Waals surface area contributed by atoms with Crippen LogP contribution in [0.4, 0.5) is 14.5 Å². The third-order valence-corrected chi connectivity index (χ3v) is 4.18. The molecule has 2 aromatic rings. The van der Waals surface area contributed by atoms with Crippen molar-refractivity contribution >= 4 is 14.7 Å². The van der Waals surface area contributed by atoms with Crippen molar-refractivity contribution in [2.75, 3.05) is 5.73 Å². The Morgan fingerprint density at radius 3 is 2.26 bits per heavy atom. The number of hydrogen-bond acceptors (Lipinski definition) is 3. The maximum absolute atomic E-state index is 14.1. The van der Waals surface area contributed by atoms with Crippen LogP contribution in [0.1, 0.15) is 32.6 Å². The number of nitrogens with two attached hydrogens (primary N) is 1. The summed E-state index contributed by atoms with van der Waals surface area (Å²) in [7, 11) is -1.30. The molecule has 126 valence electrons. The second-order valence-corrected chi connectivity index (χ2v) is 9.34. The zero-order valence-electron chi connectivity index (χ0n) is 14.1. The molecule has 0 radical (unpaired) electrons. The maximum atomic E-state index is 14.1. The van der Waals surface area contributed by atoms with Gasteiger partial charge in [0.25, 0.3) is 0 Å². The summed E-state index contributed by atoms with van der Waals surface area (Å²) in [4.78, 5) is 4.31. The predicted molar refractivity (Wildman–Crippen MR) is 90.1 cm³/mol. The number of nitrogens with zero attached hydrogens (tertiary/aromatic N) is 2. The van der Waals surface area contributed by atoms with Crippen LogP contribution >= 0.6 is 0 Å². The van der Waals surface area contributed by atoms with Gasteiger partial charge in [0.2, 0.25) is 0 Å².